The van der Waals surface area contributed by atoms with Crippen LogP contribution in [0.1, 0.15) is 44.5 Å². The molecular weight excluding hydrogens is 600 g/mol. The predicted octanol–water partition coefficient (Wildman–Crippen LogP) is 3.63. The van der Waals surface area contributed by atoms with Crippen molar-refractivity contribution in [2.75, 3.05) is 38.2 Å². The molecule has 12 nitrogen and oxygen atoms in total. The van der Waals surface area contributed by atoms with Crippen molar-refractivity contribution in [3.05, 3.63) is 29.5 Å². The molecule has 0 amide bonds. The normalized spacial score (nSPS) is 20.4. The Morgan fingerprint density at radius 3 is 2.65 bits per heavy atom. The highest BCUT2D eigenvalue weighted by Crippen LogP contribution is 2.40. The third-order valence-electron chi connectivity index (χ3n) is 8.32. The minimum atomic E-state index is -4.07. The Bertz CT molecular complexity index is 1810. The maximum atomic E-state index is 13.5. The lowest BCUT2D eigenvalue weighted by molar-refractivity contribution is 0.00826. The summed E-state index contributed by atoms with van der Waals surface area (Å²) in [6, 6.07) is 6.85. The minimum absolute atomic E-state index is 0.0711. The highest BCUT2D eigenvalue weighted by atomic mass is 32.2. The molecule has 0 bridgehead atoms. The van der Waals surface area contributed by atoms with E-state index in [1.165, 1.54) is 18.5 Å². The van der Waals surface area contributed by atoms with Gasteiger partial charge in [0.2, 0.25) is 15.2 Å². The Balaban J connectivity index is 1.51. The molecule has 1 saturated carbocycles. The van der Waals surface area contributed by atoms with Gasteiger partial charge in [-0.25, -0.2) is 27.2 Å². The van der Waals surface area contributed by atoms with E-state index in [9.17, 15) is 22.5 Å². The van der Waals surface area contributed by atoms with Gasteiger partial charge in [-0.05, 0) is 44.5 Å². The van der Waals surface area contributed by atoms with Gasteiger partial charge in [0.05, 0.1) is 28.0 Å². The Hall–Kier alpha value is -3.36. The predicted molar refractivity (Wildman–Crippen MR) is 157 cm³/mol. The van der Waals surface area contributed by atoms with Crippen molar-refractivity contribution in [1.29, 1.82) is 5.26 Å². The Morgan fingerprint density at radius 1 is 1.26 bits per heavy atom. The van der Waals surface area contributed by atoms with Crippen LogP contribution in [-0.4, -0.2) is 89.0 Å². The van der Waals surface area contributed by atoms with Gasteiger partial charge in [-0.1, -0.05) is 31.3 Å². The lowest BCUT2D eigenvalue weighted by Crippen LogP contribution is -2.55. The number of rotatable bonds is 10. The molecule has 4 aromatic rings. The molecule has 1 saturated heterocycles. The number of hydrogen-bond donors (Lipinski definition) is 1. The van der Waals surface area contributed by atoms with Gasteiger partial charge in [0, 0.05) is 31.6 Å². The minimum Gasteiger partial charge on any atom is -0.378 e. The van der Waals surface area contributed by atoms with Crippen molar-refractivity contribution in [2.45, 2.75) is 62.1 Å². The number of alkyl halides is 2. The fourth-order valence-corrected chi connectivity index (χ4v) is 8.03. The summed E-state index contributed by atoms with van der Waals surface area (Å²) >= 11 is 0.702. The van der Waals surface area contributed by atoms with E-state index >= 15 is 0 Å². The molecule has 1 aliphatic heterocycles. The molecule has 0 unspecified atom stereocenters. The molecule has 6 rings (SSSR count). The lowest BCUT2D eigenvalue weighted by Gasteiger charge is -2.43. The van der Waals surface area contributed by atoms with E-state index in [0.717, 1.165) is 19.5 Å². The van der Waals surface area contributed by atoms with Gasteiger partial charge in [-0.3, -0.25) is 9.47 Å². The summed E-state index contributed by atoms with van der Waals surface area (Å²) in [5, 5.41) is 18.0. The quantitative estimate of drug-likeness (QED) is 0.276. The van der Waals surface area contributed by atoms with Crippen LogP contribution in [0.3, 0.4) is 0 Å². The maximum absolute atomic E-state index is 13.5. The number of halogens is 2. The first-order chi connectivity index (χ1) is 20.6. The van der Waals surface area contributed by atoms with Gasteiger partial charge in [0.15, 0.2) is 10.7 Å². The van der Waals surface area contributed by atoms with Gasteiger partial charge in [-0.2, -0.15) is 9.98 Å². The topological polar surface area (TPSA) is 142 Å². The van der Waals surface area contributed by atoms with Crippen LogP contribution >= 0.6 is 11.3 Å². The van der Waals surface area contributed by atoms with Crippen molar-refractivity contribution < 1.29 is 21.9 Å². The van der Waals surface area contributed by atoms with Gasteiger partial charge in [0.1, 0.15) is 17.7 Å². The number of piperidine rings is 1. The zero-order chi connectivity index (χ0) is 30.5. The molecule has 2 fully saturated rings. The largest absolute Gasteiger partial charge is 0.378 e. The van der Waals surface area contributed by atoms with E-state index in [4.69, 9.17) is 4.74 Å². The third-order valence-corrected chi connectivity index (χ3v) is 10.8. The number of nitriles is 1. The van der Waals surface area contributed by atoms with Crippen molar-refractivity contribution >= 4 is 49.1 Å². The van der Waals surface area contributed by atoms with Crippen LogP contribution in [0.4, 0.5) is 14.6 Å². The summed E-state index contributed by atoms with van der Waals surface area (Å²) in [6.07, 6.45) is 0.207. The first kappa shape index (κ1) is 29.7. The molecule has 0 radical (unpaired) electrons. The second-order valence-electron chi connectivity index (χ2n) is 10.7. The standard InChI is InChI=1S/C27H31F2N9O3S2/c1-4-36(5-2)18-8-11-37(13-20(18)41-3)23-21-17-7-6-16(43(39,40)35-27(14-30)9-10-27)12-19(17)38(24(21)32-15-31-23)26-34-33-25(42-26)22(28)29/h6-7,12,15,18,20,22,35H,4-5,8-11,13H2,1-3H3/t18-,20+/m1/s1. The van der Waals surface area contributed by atoms with Crippen molar-refractivity contribution in [2.24, 2.45) is 0 Å². The summed E-state index contributed by atoms with van der Waals surface area (Å²) in [7, 11) is -2.37. The molecule has 0 spiro atoms. The zero-order valence-corrected chi connectivity index (χ0v) is 25.5. The number of nitrogens with zero attached hydrogens (tertiary/aromatic N) is 8. The van der Waals surface area contributed by atoms with Crippen molar-refractivity contribution in [1.82, 2.24) is 34.4 Å². The smallest absolute Gasteiger partial charge is 0.291 e. The average molecular weight is 632 g/mol. The van der Waals surface area contributed by atoms with Crippen LogP contribution in [0, 0.1) is 11.3 Å². The SMILES string of the molecule is CCN(CC)[C@@H]1CCN(c2ncnc3c2c2ccc(S(=O)(=O)NC4(C#N)CC4)cc2n3-c2nnc(C(F)F)s2)C[C@@H]1OC. The third kappa shape index (κ3) is 5.22. The fraction of sp³-hybridized carbons (Fsp3) is 0.519. The molecular formula is C27H31F2N9O3S2. The molecule has 4 heterocycles. The fourth-order valence-electron chi connectivity index (χ4n) is 5.92. The van der Waals surface area contributed by atoms with Crippen LogP contribution in [-0.2, 0) is 14.8 Å². The van der Waals surface area contributed by atoms with Gasteiger partial charge in [-0.15, -0.1) is 10.2 Å². The van der Waals surface area contributed by atoms with Crippen molar-refractivity contribution in [3.8, 4) is 11.2 Å². The molecule has 43 heavy (non-hydrogen) atoms. The van der Waals surface area contributed by atoms with E-state index in [1.807, 2.05) is 6.07 Å². The van der Waals surface area contributed by atoms with E-state index in [0.29, 0.717) is 65.0 Å². The monoisotopic (exact) mass is 631 g/mol. The lowest BCUT2D eigenvalue weighted by atomic mass is 9.99. The van der Waals surface area contributed by atoms with Gasteiger partial charge >= 0.3 is 0 Å². The zero-order valence-electron chi connectivity index (χ0n) is 23.9. The number of methoxy groups -OCH3 is 1. The number of ether oxygens (including phenoxy) is 1. The van der Waals surface area contributed by atoms with Crippen LogP contribution in [0.15, 0.2) is 29.4 Å². The number of hydrogen-bond acceptors (Lipinski definition) is 11. The first-order valence-electron chi connectivity index (χ1n) is 14.0. The summed E-state index contributed by atoms with van der Waals surface area (Å²) in [5.41, 5.74) is -0.339. The Morgan fingerprint density at radius 2 is 2.02 bits per heavy atom. The number of sulfonamides is 1. The van der Waals surface area contributed by atoms with E-state index in [2.05, 4.69) is 48.5 Å². The molecule has 2 aliphatic rings. The highest BCUT2D eigenvalue weighted by Gasteiger charge is 2.47. The van der Waals surface area contributed by atoms with Crippen LogP contribution < -0.4 is 9.62 Å². The second-order valence-corrected chi connectivity index (χ2v) is 13.4. The molecule has 1 aliphatic carbocycles. The number of anilines is 1. The summed E-state index contributed by atoms with van der Waals surface area (Å²) in [6.45, 7) is 7.34. The summed E-state index contributed by atoms with van der Waals surface area (Å²) in [5.74, 6) is 0.627. The summed E-state index contributed by atoms with van der Waals surface area (Å²) < 4.78 is 63.7. The molecule has 228 valence electrons. The average Bonchev–Trinajstić information content (AvgIpc) is 3.44. The van der Waals surface area contributed by atoms with Crippen LogP contribution in [0.25, 0.3) is 27.1 Å². The molecule has 16 heteroatoms. The van der Waals surface area contributed by atoms with Crippen molar-refractivity contribution in [3.63, 3.8) is 0 Å². The number of fused-ring (bicyclic) bond motifs is 3. The van der Waals surface area contributed by atoms with E-state index < -0.39 is 27.0 Å². The molecule has 2 atom stereocenters. The van der Waals surface area contributed by atoms with Gasteiger partial charge in [0.25, 0.3) is 6.43 Å². The second kappa shape index (κ2) is 11.3. The summed E-state index contributed by atoms with van der Waals surface area (Å²) in [4.78, 5) is 13.6. The number of aromatic nitrogens is 5. The van der Waals surface area contributed by atoms with E-state index in [1.54, 1.807) is 17.7 Å². The number of nitrogens with one attached hydrogen (secondary N) is 1. The first-order valence-corrected chi connectivity index (χ1v) is 16.3. The molecule has 3 aromatic heterocycles. The number of benzene rings is 1. The highest BCUT2D eigenvalue weighted by molar-refractivity contribution is 7.89. The Labute approximate surface area is 251 Å². The van der Waals surface area contributed by atoms with Gasteiger partial charge < -0.3 is 9.64 Å². The molecule has 1 aromatic carbocycles. The van der Waals surface area contributed by atoms with Crippen LogP contribution in [0.2, 0.25) is 0 Å². The maximum Gasteiger partial charge on any atom is 0.291 e. The number of likely N-dealkylation sites (N-methyl/N-ethyl adjacent to an activating group) is 1. The Kier molecular flexibility index (Phi) is 7.80. The van der Waals surface area contributed by atoms with Crippen LogP contribution in [0.5, 0.6) is 0 Å². The van der Waals surface area contributed by atoms with E-state index in [-0.39, 0.29) is 22.2 Å². The molecule has 1 N–H and O–H groups in total.